The number of aliphatic hydroxyl groups is 9. The van der Waals surface area contributed by atoms with Gasteiger partial charge < -0.3 is 79.1 Å². The maximum absolute atomic E-state index is 12.2. The summed E-state index contributed by atoms with van der Waals surface area (Å²) in [6.45, 7) is 17.6. The van der Waals surface area contributed by atoms with Crippen LogP contribution in [0, 0.1) is 50.2 Å². The van der Waals surface area contributed by atoms with Crippen molar-refractivity contribution < 1.29 is 79.1 Å². The van der Waals surface area contributed by atoms with Crippen LogP contribution >= 0.6 is 0 Å². The summed E-state index contributed by atoms with van der Waals surface area (Å²) in [5, 5.41) is 98.1. The van der Waals surface area contributed by atoms with Crippen LogP contribution in [-0.4, -0.2) is 170 Å². The molecule has 2 bridgehead atoms. The van der Waals surface area contributed by atoms with E-state index in [-0.39, 0.29) is 44.8 Å². The molecular formula is C47H76O16. The highest BCUT2D eigenvalue weighted by Gasteiger charge is 2.79. The highest BCUT2D eigenvalue weighted by molar-refractivity contribution is 5.36. The van der Waals surface area contributed by atoms with E-state index in [9.17, 15) is 46.0 Å². The molecule has 9 aliphatic rings. The van der Waals surface area contributed by atoms with Crippen molar-refractivity contribution in [2.75, 3.05) is 19.8 Å². The molecule has 0 aromatic heterocycles. The fourth-order valence-corrected chi connectivity index (χ4v) is 15.5. The average molecular weight is 897 g/mol. The number of aliphatic hydroxyl groups excluding tert-OH is 9. The van der Waals surface area contributed by atoms with Gasteiger partial charge in [0.2, 0.25) is 0 Å². The molecule has 360 valence electrons. The predicted molar refractivity (Wildman–Crippen MR) is 222 cm³/mol. The van der Waals surface area contributed by atoms with Crippen molar-refractivity contribution in [3.05, 3.63) is 12.2 Å². The quantitative estimate of drug-likeness (QED) is 0.129. The minimum atomic E-state index is -1.78. The molecule has 0 amide bonds. The highest BCUT2D eigenvalue weighted by atomic mass is 16.8. The second-order valence-corrected chi connectivity index (χ2v) is 23.5. The van der Waals surface area contributed by atoms with E-state index in [4.69, 9.17) is 33.2 Å². The zero-order valence-electron chi connectivity index (χ0n) is 38.3. The Balaban J connectivity index is 0.975. The molecule has 9 N–H and O–H groups in total. The highest BCUT2D eigenvalue weighted by Crippen LogP contribution is 2.79. The molecule has 4 heterocycles. The fourth-order valence-electron chi connectivity index (χ4n) is 15.5. The van der Waals surface area contributed by atoms with Gasteiger partial charge in [0.25, 0.3) is 0 Å². The van der Waals surface area contributed by atoms with Crippen LogP contribution in [0.15, 0.2) is 12.2 Å². The third-order valence-corrected chi connectivity index (χ3v) is 19.5. The van der Waals surface area contributed by atoms with E-state index in [0.717, 1.165) is 44.9 Å². The minimum absolute atomic E-state index is 0.139. The molecule has 0 radical (unpaired) electrons. The zero-order chi connectivity index (χ0) is 45.6. The van der Waals surface area contributed by atoms with Gasteiger partial charge in [-0.3, -0.25) is 0 Å². The van der Waals surface area contributed by atoms with Crippen molar-refractivity contribution >= 4 is 0 Å². The van der Waals surface area contributed by atoms with Crippen molar-refractivity contribution in [1.82, 2.24) is 0 Å². The Kier molecular flexibility index (Phi) is 11.8. The normalized spacial score (nSPS) is 58.3. The van der Waals surface area contributed by atoms with Gasteiger partial charge in [-0.25, -0.2) is 0 Å². The lowest BCUT2D eigenvalue weighted by Gasteiger charge is -2.73. The van der Waals surface area contributed by atoms with Gasteiger partial charge in [-0.15, -0.1) is 0 Å². The van der Waals surface area contributed by atoms with Gasteiger partial charge in [-0.05, 0) is 91.8 Å². The van der Waals surface area contributed by atoms with Crippen molar-refractivity contribution in [2.24, 2.45) is 50.2 Å². The molecule has 4 aliphatic heterocycles. The SMILES string of the molecule is C[C@H]1O[C@@H](O[C@H]2CC[C@]3(C)[C@H](CC[C@@]4(C)[C@@H]3C=C[C@@]35OC[C@]6(CCC(C)(C)C[C@@H]63)[C@H](O)C[C@]45C)C2(C)C)[C@H](O[C@H]2O[C@H](CO)[C@H](O)[C@H](O)[C@H]2O[C@H]2OC[C@H](O)[C@@H](O)[C@H]2O)[C@H](O)[C@H]1O. The number of rotatable bonds is 7. The van der Waals surface area contributed by atoms with E-state index >= 15 is 0 Å². The lowest BCUT2D eigenvalue weighted by Crippen LogP contribution is -2.72. The van der Waals surface area contributed by atoms with Crippen LogP contribution < -0.4 is 0 Å². The minimum Gasteiger partial charge on any atom is -0.394 e. The van der Waals surface area contributed by atoms with Crippen LogP contribution in [0.5, 0.6) is 0 Å². The van der Waals surface area contributed by atoms with E-state index in [1.54, 1.807) is 6.92 Å². The van der Waals surface area contributed by atoms with Crippen LogP contribution in [0.3, 0.4) is 0 Å². The van der Waals surface area contributed by atoms with E-state index < -0.39 is 122 Å². The van der Waals surface area contributed by atoms with E-state index in [1.807, 2.05) is 0 Å². The van der Waals surface area contributed by atoms with Crippen LogP contribution in [0.4, 0.5) is 0 Å². The Morgan fingerprint density at radius 1 is 0.667 bits per heavy atom. The van der Waals surface area contributed by atoms with Crippen molar-refractivity contribution in [2.45, 2.75) is 211 Å². The number of ether oxygens (including phenoxy) is 7. The molecule has 16 nitrogen and oxygen atoms in total. The maximum Gasteiger partial charge on any atom is 0.187 e. The molecule has 16 heteroatoms. The summed E-state index contributed by atoms with van der Waals surface area (Å²) < 4.78 is 43.9. The van der Waals surface area contributed by atoms with Gasteiger partial charge in [0, 0.05) is 16.7 Å². The van der Waals surface area contributed by atoms with Crippen LogP contribution in [0.1, 0.15) is 107 Å². The first kappa shape index (κ1) is 47.2. The van der Waals surface area contributed by atoms with Crippen LogP contribution in [0.2, 0.25) is 0 Å². The Bertz CT molecular complexity index is 1730. The molecular weight excluding hydrogens is 821 g/mol. The smallest absolute Gasteiger partial charge is 0.187 e. The summed E-state index contributed by atoms with van der Waals surface area (Å²) in [4.78, 5) is 0. The van der Waals surface area contributed by atoms with Gasteiger partial charge in [0.05, 0.1) is 43.7 Å². The summed E-state index contributed by atoms with van der Waals surface area (Å²) in [7, 11) is 0. The monoisotopic (exact) mass is 897 g/mol. The Labute approximate surface area is 371 Å². The zero-order valence-corrected chi connectivity index (χ0v) is 38.3. The second kappa shape index (κ2) is 15.8. The van der Waals surface area contributed by atoms with Crippen LogP contribution in [0.25, 0.3) is 0 Å². The molecule has 9 rings (SSSR count). The van der Waals surface area contributed by atoms with Crippen molar-refractivity contribution in [1.29, 1.82) is 0 Å². The Morgan fingerprint density at radius 2 is 1.33 bits per heavy atom. The summed E-state index contributed by atoms with van der Waals surface area (Å²) >= 11 is 0. The third kappa shape index (κ3) is 6.73. The summed E-state index contributed by atoms with van der Waals surface area (Å²) in [5.74, 6) is 0.655. The number of hydrogen-bond acceptors (Lipinski definition) is 16. The molecule has 4 saturated carbocycles. The number of fused-ring (bicyclic) bond motifs is 4. The van der Waals surface area contributed by atoms with Gasteiger partial charge in [-0.2, -0.15) is 0 Å². The lowest BCUT2D eigenvalue weighted by molar-refractivity contribution is -0.393. The summed E-state index contributed by atoms with van der Waals surface area (Å²) in [6, 6.07) is 0. The molecule has 4 saturated heterocycles. The lowest BCUT2D eigenvalue weighted by atomic mass is 9.32. The Morgan fingerprint density at radius 3 is 2.03 bits per heavy atom. The van der Waals surface area contributed by atoms with E-state index in [2.05, 4.69) is 60.6 Å². The van der Waals surface area contributed by atoms with Gasteiger partial charge >= 0.3 is 0 Å². The van der Waals surface area contributed by atoms with Crippen molar-refractivity contribution in [3.8, 4) is 0 Å². The van der Waals surface area contributed by atoms with Gasteiger partial charge in [0.15, 0.2) is 18.9 Å². The summed E-state index contributed by atoms with van der Waals surface area (Å²) in [5.41, 5.74) is -1.48. The predicted octanol–water partition coefficient (Wildman–Crippen LogP) is 1.27. The standard InChI is InChI=1S/C47H76O16/c1-22-30(51)33(54)36(63-40-37(34(55)32(53)24(19-48)60-40)62-38-35(56)31(52)23(49)20-57-38)39(59-22)61-29-11-12-43(6)25(42(29,4)5)9-13-44(7)26(43)10-14-47-27-17-41(2,3)15-16-46(27,21-58-47)28(50)18-45(44,47)8/h10,14,22-40,48-56H,9,11-13,15-21H2,1-8H3/t22-,23+,24-,25-,26-,27+,28-,29+,30+,31-,32+,33-,34+,35-,36-,37-,38-,39+,40-,43-,44+,45-,46+,47-/m1/s1. The summed E-state index contributed by atoms with van der Waals surface area (Å²) in [6.07, 6.45) is -9.72. The first-order chi connectivity index (χ1) is 29.4. The number of allylic oxidation sites excluding steroid dienone is 1. The second-order valence-electron chi connectivity index (χ2n) is 23.5. The molecule has 1 spiro atoms. The fraction of sp³-hybridized carbons (Fsp3) is 0.957. The third-order valence-electron chi connectivity index (χ3n) is 19.5. The molecule has 24 atom stereocenters. The topological polar surface area (TPSA) is 247 Å². The molecule has 0 aromatic rings. The molecule has 0 unspecified atom stereocenters. The Hall–Kier alpha value is -0.900. The average Bonchev–Trinajstić information content (AvgIpc) is 3.50. The molecule has 8 fully saturated rings. The van der Waals surface area contributed by atoms with Gasteiger partial charge in [-0.1, -0.05) is 60.6 Å². The molecule has 63 heavy (non-hydrogen) atoms. The van der Waals surface area contributed by atoms with E-state index in [0.29, 0.717) is 13.0 Å². The first-order valence-corrected chi connectivity index (χ1v) is 23.7. The molecule has 0 aromatic carbocycles. The number of hydrogen-bond donors (Lipinski definition) is 9. The largest absolute Gasteiger partial charge is 0.394 e. The van der Waals surface area contributed by atoms with E-state index in [1.165, 1.54) is 0 Å². The first-order valence-electron chi connectivity index (χ1n) is 23.7. The molecule has 5 aliphatic carbocycles. The van der Waals surface area contributed by atoms with Crippen molar-refractivity contribution in [3.63, 3.8) is 0 Å². The van der Waals surface area contributed by atoms with Crippen LogP contribution in [-0.2, 0) is 33.2 Å². The van der Waals surface area contributed by atoms with Gasteiger partial charge in [0.1, 0.15) is 61.0 Å². The maximum atomic E-state index is 12.2.